The van der Waals surface area contributed by atoms with Crippen molar-refractivity contribution in [2.45, 2.75) is 0 Å². The van der Waals surface area contributed by atoms with E-state index in [1.807, 2.05) is 27.5 Å². The fourth-order valence-corrected chi connectivity index (χ4v) is 1.46. The van der Waals surface area contributed by atoms with Gasteiger partial charge in [0.05, 0.1) is 0 Å². The van der Waals surface area contributed by atoms with Gasteiger partial charge in [0.1, 0.15) is 0 Å². The lowest BCUT2D eigenvalue weighted by Crippen LogP contribution is -2.45. The van der Waals surface area contributed by atoms with Crippen molar-refractivity contribution in [1.82, 2.24) is 9.80 Å². The third-order valence-corrected chi connectivity index (χ3v) is 2.43. The topological polar surface area (TPSA) is 23.6 Å². The summed E-state index contributed by atoms with van der Waals surface area (Å²) in [6.07, 6.45) is 0. The Hall–Kier alpha value is 0.160. The van der Waals surface area contributed by atoms with E-state index in [2.05, 4.69) is 11.9 Å². The lowest BCUT2D eigenvalue weighted by Gasteiger charge is -2.30. The van der Waals surface area contributed by atoms with Crippen molar-refractivity contribution in [3.05, 3.63) is 0 Å². The van der Waals surface area contributed by atoms with E-state index in [-0.39, 0.29) is 3.91 Å². The second-order valence-electron chi connectivity index (χ2n) is 2.54. The molecule has 1 saturated heterocycles. The van der Waals surface area contributed by atoms with E-state index in [9.17, 15) is 4.79 Å². The summed E-state index contributed by atoms with van der Waals surface area (Å²) in [6, 6.07) is 0. The third kappa shape index (κ3) is 2.09. The number of carbonyl (C=O) groups excluding carboxylic acids is 1. The molecular weight excluding hydrogens is 243 g/mol. The summed E-state index contributed by atoms with van der Waals surface area (Å²) in [5, 5.41) is 0. The van der Waals surface area contributed by atoms with Crippen LogP contribution in [-0.2, 0) is 0 Å². The maximum atomic E-state index is 10.8. The van der Waals surface area contributed by atoms with Gasteiger partial charge < -0.3 is 9.80 Å². The third-order valence-electron chi connectivity index (χ3n) is 1.75. The van der Waals surface area contributed by atoms with Crippen molar-refractivity contribution in [1.29, 1.82) is 0 Å². The molecule has 0 radical (unpaired) electrons. The smallest absolute Gasteiger partial charge is 0.283 e. The summed E-state index contributed by atoms with van der Waals surface area (Å²) in [7, 11) is 2.08. The van der Waals surface area contributed by atoms with Crippen molar-refractivity contribution in [3.8, 4) is 0 Å². The molecule has 0 N–H and O–H groups in total. The van der Waals surface area contributed by atoms with Crippen molar-refractivity contribution in [3.63, 3.8) is 0 Å². The zero-order chi connectivity index (χ0) is 7.56. The van der Waals surface area contributed by atoms with Crippen LogP contribution >= 0.6 is 22.6 Å². The molecule has 0 aromatic heterocycles. The Morgan fingerprint density at radius 1 is 1.30 bits per heavy atom. The molecule has 3 nitrogen and oxygen atoms in total. The normalized spacial score (nSPS) is 21.2. The predicted molar refractivity (Wildman–Crippen MR) is 48.5 cm³/mol. The van der Waals surface area contributed by atoms with Gasteiger partial charge in [0.2, 0.25) is 0 Å². The first-order valence-corrected chi connectivity index (χ1v) is 4.41. The van der Waals surface area contributed by atoms with Crippen LogP contribution in [0.3, 0.4) is 0 Å². The van der Waals surface area contributed by atoms with E-state index in [1.54, 1.807) is 0 Å². The SMILES string of the molecule is CN1CCN(C(=O)I)CC1. The standard InChI is InChI=1S/C6H11IN2O/c1-8-2-4-9(5-3-8)6(7)10/h2-5H2,1H3. The summed E-state index contributed by atoms with van der Waals surface area (Å²) in [5.74, 6) is 0. The number of hydrogen-bond donors (Lipinski definition) is 0. The molecule has 1 aliphatic rings. The van der Waals surface area contributed by atoms with Crippen LogP contribution in [0.5, 0.6) is 0 Å². The molecule has 10 heavy (non-hydrogen) atoms. The van der Waals surface area contributed by atoms with Crippen LogP contribution < -0.4 is 0 Å². The number of piperazine rings is 1. The molecule has 0 aliphatic carbocycles. The number of amides is 1. The lowest BCUT2D eigenvalue weighted by atomic mass is 10.4. The second kappa shape index (κ2) is 3.52. The van der Waals surface area contributed by atoms with Crippen molar-refractivity contribution >= 4 is 26.5 Å². The van der Waals surface area contributed by atoms with Gasteiger partial charge in [-0.15, -0.1) is 0 Å². The Labute approximate surface area is 74.5 Å². The van der Waals surface area contributed by atoms with Crippen LogP contribution in [0.25, 0.3) is 0 Å². The van der Waals surface area contributed by atoms with Gasteiger partial charge in [-0.1, -0.05) is 0 Å². The molecule has 0 atom stereocenters. The Morgan fingerprint density at radius 3 is 2.20 bits per heavy atom. The summed E-state index contributed by atoms with van der Waals surface area (Å²) in [5.41, 5.74) is 0. The highest BCUT2D eigenvalue weighted by atomic mass is 127. The zero-order valence-corrected chi connectivity index (χ0v) is 8.17. The van der Waals surface area contributed by atoms with Crippen LogP contribution in [0.15, 0.2) is 0 Å². The van der Waals surface area contributed by atoms with E-state index in [1.165, 1.54) is 0 Å². The summed E-state index contributed by atoms with van der Waals surface area (Å²) in [4.78, 5) is 14.9. The van der Waals surface area contributed by atoms with Gasteiger partial charge in [-0.3, -0.25) is 4.79 Å². The summed E-state index contributed by atoms with van der Waals surface area (Å²) >= 11 is 1.84. The maximum Gasteiger partial charge on any atom is 0.283 e. The Kier molecular flexibility index (Phi) is 2.91. The fraction of sp³-hybridized carbons (Fsp3) is 0.833. The van der Waals surface area contributed by atoms with Crippen LogP contribution in [0, 0.1) is 0 Å². The number of nitrogens with zero attached hydrogens (tertiary/aromatic N) is 2. The number of likely N-dealkylation sites (N-methyl/N-ethyl adjacent to an activating group) is 1. The molecule has 1 fully saturated rings. The summed E-state index contributed by atoms with van der Waals surface area (Å²) in [6.45, 7) is 3.79. The number of rotatable bonds is 0. The first kappa shape index (κ1) is 8.26. The number of halogens is 1. The number of carbonyl (C=O) groups is 1. The molecule has 1 rings (SSSR count). The predicted octanol–water partition coefficient (Wildman–Crippen LogP) is 0.789. The molecule has 1 heterocycles. The lowest BCUT2D eigenvalue weighted by molar-refractivity contribution is 0.175. The van der Waals surface area contributed by atoms with E-state index in [0.29, 0.717) is 0 Å². The van der Waals surface area contributed by atoms with Gasteiger partial charge in [-0.25, -0.2) is 0 Å². The first-order chi connectivity index (χ1) is 4.70. The molecule has 0 aromatic carbocycles. The average Bonchev–Trinajstić information content (AvgIpc) is 1.88. The van der Waals surface area contributed by atoms with E-state index >= 15 is 0 Å². The maximum absolute atomic E-state index is 10.8. The van der Waals surface area contributed by atoms with E-state index in [0.717, 1.165) is 26.2 Å². The van der Waals surface area contributed by atoms with Gasteiger partial charge in [0.15, 0.2) is 0 Å². The minimum absolute atomic E-state index is 0.172. The first-order valence-electron chi connectivity index (χ1n) is 3.33. The van der Waals surface area contributed by atoms with Crippen molar-refractivity contribution in [2.75, 3.05) is 33.2 Å². The molecule has 0 unspecified atom stereocenters. The Morgan fingerprint density at radius 2 is 1.80 bits per heavy atom. The van der Waals surface area contributed by atoms with Crippen molar-refractivity contribution in [2.24, 2.45) is 0 Å². The van der Waals surface area contributed by atoms with Gasteiger partial charge >= 0.3 is 0 Å². The molecule has 0 saturated carbocycles. The van der Waals surface area contributed by atoms with Crippen molar-refractivity contribution < 1.29 is 4.79 Å². The molecule has 0 aromatic rings. The van der Waals surface area contributed by atoms with E-state index in [4.69, 9.17) is 0 Å². The van der Waals surface area contributed by atoms with E-state index < -0.39 is 0 Å². The quantitative estimate of drug-likeness (QED) is 0.362. The highest BCUT2D eigenvalue weighted by molar-refractivity contribution is 14.1. The fourth-order valence-electron chi connectivity index (χ4n) is 0.982. The Bertz CT molecular complexity index is 132. The second-order valence-corrected chi connectivity index (χ2v) is 3.47. The van der Waals surface area contributed by atoms with Gasteiger partial charge in [0, 0.05) is 48.8 Å². The largest absolute Gasteiger partial charge is 0.332 e. The molecule has 1 aliphatic heterocycles. The molecule has 1 amide bonds. The van der Waals surface area contributed by atoms with Crippen LogP contribution in [0.4, 0.5) is 4.79 Å². The average molecular weight is 254 g/mol. The molecule has 0 spiro atoms. The highest BCUT2D eigenvalue weighted by Crippen LogP contribution is 2.03. The minimum Gasteiger partial charge on any atom is -0.332 e. The molecule has 58 valence electrons. The molecule has 4 heteroatoms. The molecule has 0 bridgehead atoms. The monoisotopic (exact) mass is 254 g/mol. The van der Waals surface area contributed by atoms with Crippen LogP contribution in [-0.4, -0.2) is 46.9 Å². The highest BCUT2D eigenvalue weighted by Gasteiger charge is 2.15. The summed E-state index contributed by atoms with van der Waals surface area (Å²) < 4.78 is 0.172. The van der Waals surface area contributed by atoms with Crippen LogP contribution in [0.1, 0.15) is 0 Å². The number of hydrogen-bond acceptors (Lipinski definition) is 2. The molecular formula is C6H11IN2O. The van der Waals surface area contributed by atoms with Gasteiger partial charge in [-0.2, -0.15) is 0 Å². The van der Waals surface area contributed by atoms with Crippen LogP contribution in [0.2, 0.25) is 0 Å². The zero-order valence-electron chi connectivity index (χ0n) is 6.01. The Balaban J connectivity index is 2.33. The van der Waals surface area contributed by atoms with Gasteiger partial charge in [-0.05, 0) is 7.05 Å². The minimum atomic E-state index is 0.172. The van der Waals surface area contributed by atoms with Gasteiger partial charge in [0.25, 0.3) is 3.91 Å².